The van der Waals surface area contributed by atoms with Gasteiger partial charge in [0, 0.05) is 24.8 Å². The van der Waals surface area contributed by atoms with Crippen molar-refractivity contribution in [3.63, 3.8) is 0 Å². The minimum absolute atomic E-state index is 0. The van der Waals surface area contributed by atoms with Crippen molar-refractivity contribution >= 4 is 41.8 Å². The molecule has 0 aromatic carbocycles. The average molecular weight is 309 g/mol. The number of carbonyl (C=O) groups excluding carboxylic acids is 3. The Balaban J connectivity index is -0.000000720. The molecule has 0 heterocycles. The van der Waals surface area contributed by atoms with Gasteiger partial charge in [-0.1, -0.05) is 0 Å². The second kappa shape index (κ2) is 5.81. The number of rotatable bonds is 5. The van der Waals surface area contributed by atoms with E-state index in [-0.39, 0.29) is 25.3 Å². The molecule has 0 aliphatic rings. The van der Waals surface area contributed by atoms with Gasteiger partial charge in [-0.15, -0.1) is 0 Å². The largest absolute Gasteiger partial charge is 2.00 e. The van der Waals surface area contributed by atoms with Crippen LogP contribution in [0, 0.1) is 0 Å². The van der Waals surface area contributed by atoms with Gasteiger partial charge >= 0.3 is 25.3 Å². The van der Waals surface area contributed by atoms with Gasteiger partial charge in [-0.2, -0.15) is 0 Å². The van der Waals surface area contributed by atoms with E-state index in [1.165, 1.54) is 0 Å². The van der Waals surface area contributed by atoms with Crippen LogP contribution in [0.3, 0.4) is 0 Å². The SMILES string of the molecule is O=C([O-])CC(O)(CC(=O)[O-])C(=O)[O-].[H+].[Sn+2]. The van der Waals surface area contributed by atoms with Crippen molar-refractivity contribution in [3.8, 4) is 0 Å². The Morgan fingerprint density at radius 2 is 1.36 bits per heavy atom. The smallest absolute Gasteiger partial charge is 0.550 e. The number of carbonyl (C=O) groups is 3. The van der Waals surface area contributed by atoms with E-state index in [1.807, 2.05) is 0 Å². The third-order valence-corrected chi connectivity index (χ3v) is 1.25. The van der Waals surface area contributed by atoms with Crippen molar-refractivity contribution in [1.29, 1.82) is 0 Å². The van der Waals surface area contributed by atoms with E-state index < -0.39 is 36.4 Å². The molecule has 0 amide bonds. The molecule has 0 unspecified atom stereocenters. The normalized spacial score (nSPS) is 10.1. The summed E-state index contributed by atoms with van der Waals surface area (Å²) < 4.78 is 0. The summed E-state index contributed by atoms with van der Waals surface area (Å²) in [6, 6.07) is 0. The van der Waals surface area contributed by atoms with Crippen LogP contribution >= 0.6 is 0 Å². The minimum atomic E-state index is -2.97. The average Bonchev–Trinajstić information content (AvgIpc) is 1.82. The Morgan fingerprint density at radius 3 is 1.50 bits per heavy atom. The molecule has 8 heteroatoms. The third-order valence-electron chi connectivity index (χ3n) is 1.25. The van der Waals surface area contributed by atoms with Crippen molar-refractivity contribution in [1.82, 2.24) is 0 Å². The van der Waals surface area contributed by atoms with Crippen LogP contribution in [0.2, 0.25) is 0 Å². The molecule has 0 aliphatic heterocycles. The Bertz CT molecular complexity index is 238. The van der Waals surface area contributed by atoms with Crippen LogP contribution in [0.15, 0.2) is 0 Å². The maximum Gasteiger partial charge on any atom is 2.00 e. The summed E-state index contributed by atoms with van der Waals surface area (Å²) in [5.74, 6) is -5.98. The van der Waals surface area contributed by atoms with Crippen LogP contribution in [0.5, 0.6) is 0 Å². The van der Waals surface area contributed by atoms with Gasteiger partial charge in [-0.3, -0.25) is 0 Å². The molecular weight excluding hydrogens is 303 g/mol. The Morgan fingerprint density at radius 1 is 1.07 bits per heavy atom. The molecule has 0 aromatic heterocycles. The number of carboxylic acid groups (broad SMARTS) is 3. The fraction of sp³-hybridized carbons (Fsp3) is 0.500. The summed E-state index contributed by atoms with van der Waals surface area (Å²) in [6.07, 6.45) is -2.72. The van der Waals surface area contributed by atoms with Crippen LogP contribution in [-0.2, 0) is 14.4 Å². The Labute approximate surface area is 96.8 Å². The molecule has 0 saturated carbocycles. The number of hydrogen-bond acceptors (Lipinski definition) is 7. The Hall–Kier alpha value is -0.831. The van der Waals surface area contributed by atoms with Crippen LogP contribution < -0.4 is 15.3 Å². The van der Waals surface area contributed by atoms with Crippen molar-refractivity contribution in [3.05, 3.63) is 0 Å². The monoisotopic (exact) mass is 310 g/mol. The first kappa shape index (κ1) is 15.6. The molecule has 2 radical (unpaired) electrons. The van der Waals surface area contributed by atoms with Gasteiger partial charge in [0.2, 0.25) is 0 Å². The van der Waals surface area contributed by atoms with E-state index in [2.05, 4.69) is 0 Å². The number of aliphatic carboxylic acids is 3. The molecule has 1 N–H and O–H groups in total. The molecule has 0 aromatic rings. The van der Waals surface area contributed by atoms with Gasteiger partial charge in [0.25, 0.3) is 0 Å². The molecular formula is C6H6O7Sn. The summed E-state index contributed by atoms with van der Waals surface area (Å²) in [4.78, 5) is 30.0. The van der Waals surface area contributed by atoms with Gasteiger partial charge < -0.3 is 34.8 Å². The predicted octanol–water partition coefficient (Wildman–Crippen LogP) is -5.52. The molecule has 14 heavy (non-hydrogen) atoms. The quantitative estimate of drug-likeness (QED) is 0.499. The molecule has 76 valence electrons. The molecule has 0 fully saturated rings. The van der Waals surface area contributed by atoms with Gasteiger partial charge in [-0.25, -0.2) is 0 Å². The fourth-order valence-electron chi connectivity index (χ4n) is 0.684. The standard InChI is InChI=1S/C6H8O7.Sn/c7-3(8)1-6(13,5(11)12)2-4(9)10;/h13H,1-2H2,(H,7,8)(H,9,10)(H,11,12);/q;+2/p-2. The van der Waals surface area contributed by atoms with Gasteiger partial charge in [-0.05, 0) is 0 Å². The van der Waals surface area contributed by atoms with E-state index in [9.17, 15) is 29.7 Å². The molecule has 0 aliphatic carbocycles. The van der Waals surface area contributed by atoms with Crippen molar-refractivity contribution in [2.75, 3.05) is 0 Å². The summed E-state index contributed by atoms with van der Waals surface area (Å²) >= 11 is 0. The first-order chi connectivity index (χ1) is 5.78. The van der Waals surface area contributed by atoms with Crippen LogP contribution in [0.1, 0.15) is 14.3 Å². The number of hydrogen-bond donors (Lipinski definition) is 1. The summed E-state index contributed by atoms with van der Waals surface area (Å²) in [5, 5.41) is 38.9. The predicted molar refractivity (Wildman–Crippen MR) is 36.1 cm³/mol. The van der Waals surface area contributed by atoms with Gasteiger partial charge in [0.1, 0.15) is 5.60 Å². The maximum absolute atomic E-state index is 10.1. The molecule has 0 atom stereocenters. The van der Waals surface area contributed by atoms with Gasteiger partial charge in [0.15, 0.2) is 0 Å². The zero-order valence-electron chi connectivity index (χ0n) is 7.81. The summed E-state index contributed by atoms with van der Waals surface area (Å²) in [7, 11) is 0. The second-order valence-electron chi connectivity index (χ2n) is 2.42. The number of aliphatic hydroxyl groups is 1. The zero-order valence-corrected chi connectivity index (χ0v) is 9.67. The van der Waals surface area contributed by atoms with E-state index in [0.29, 0.717) is 0 Å². The van der Waals surface area contributed by atoms with Gasteiger partial charge in [0.05, 0.1) is 5.97 Å². The summed E-state index contributed by atoms with van der Waals surface area (Å²) in [6.45, 7) is 0. The van der Waals surface area contributed by atoms with E-state index >= 15 is 0 Å². The minimum Gasteiger partial charge on any atom is -0.550 e. The first-order valence-corrected chi connectivity index (χ1v) is 3.11. The molecule has 0 rings (SSSR count). The van der Waals surface area contributed by atoms with Crippen molar-refractivity contribution in [2.45, 2.75) is 18.4 Å². The molecule has 0 saturated heterocycles. The number of carboxylic acids is 3. The van der Waals surface area contributed by atoms with E-state index in [1.54, 1.807) is 0 Å². The topological polar surface area (TPSA) is 141 Å². The zero-order chi connectivity index (χ0) is 10.6. The van der Waals surface area contributed by atoms with E-state index in [0.717, 1.165) is 0 Å². The summed E-state index contributed by atoms with van der Waals surface area (Å²) in [5.41, 5.74) is -2.97. The van der Waals surface area contributed by atoms with Crippen LogP contribution in [0.4, 0.5) is 0 Å². The first-order valence-electron chi connectivity index (χ1n) is 3.11. The Kier molecular flexibility index (Phi) is 6.48. The van der Waals surface area contributed by atoms with Crippen molar-refractivity contribution in [2.24, 2.45) is 0 Å². The fourth-order valence-corrected chi connectivity index (χ4v) is 0.684. The van der Waals surface area contributed by atoms with Crippen LogP contribution in [-0.4, -0.2) is 52.5 Å². The van der Waals surface area contributed by atoms with E-state index in [4.69, 9.17) is 5.11 Å². The molecule has 0 spiro atoms. The third kappa shape index (κ3) is 5.02. The van der Waals surface area contributed by atoms with Crippen molar-refractivity contribution < 1.29 is 36.2 Å². The molecule has 0 bridgehead atoms. The second-order valence-corrected chi connectivity index (χ2v) is 2.42. The van der Waals surface area contributed by atoms with Crippen LogP contribution in [0.25, 0.3) is 0 Å². The maximum atomic E-state index is 10.1. The molecule has 7 nitrogen and oxygen atoms in total.